The highest BCUT2D eigenvalue weighted by Gasteiger charge is 2.15. The van der Waals surface area contributed by atoms with Crippen LogP contribution in [0.3, 0.4) is 0 Å². The fourth-order valence-corrected chi connectivity index (χ4v) is 2.15. The number of benzene rings is 1. The molecule has 102 valence electrons. The predicted octanol–water partition coefficient (Wildman–Crippen LogP) is 2.46. The van der Waals surface area contributed by atoms with Gasteiger partial charge in [0.2, 0.25) is 0 Å². The third-order valence-electron chi connectivity index (χ3n) is 3.29. The number of unbranched alkanes of at least 4 members (excludes halogenated alkanes) is 2. The van der Waals surface area contributed by atoms with Crippen LogP contribution < -0.4 is 11.5 Å². The SMILES string of the molecule is NCCCCCC(N)C(=O)c1ccc2occc2c1. The van der Waals surface area contributed by atoms with E-state index < -0.39 is 6.04 Å². The first-order valence-electron chi connectivity index (χ1n) is 6.69. The zero-order valence-electron chi connectivity index (χ0n) is 11.0. The normalized spacial score (nSPS) is 12.7. The third kappa shape index (κ3) is 3.43. The second-order valence-electron chi connectivity index (χ2n) is 4.78. The number of ketones is 1. The Kier molecular flexibility index (Phi) is 4.71. The van der Waals surface area contributed by atoms with Crippen molar-refractivity contribution >= 4 is 16.8 Å². The number of furan rings is 1. The second kappa shape index (κ2) is 6.50. The number of rotatable bonds is 7. The van der Waals surface area contributed by atoms with E-state index in [2.05, 4.69) is 0 Å². The Labute approximate surface area is 112 Å². The van der Waals surface area contributed by atoms with Crippen LogP contribution in [-0.4, -0.2) is 18.4 Å². The van der Waals surface area contributed by atoms with Gasteiger partial charge in [-0.15, -0.1) is 0 Å². The van der Waals surface area contributed by atoms with Crippen molar-refractivity contribution < 1.29 is 9.21 Å². The fraction of sp³-hybridized carbons (Fsp3) is 0.400. The molecule has 4 nitrogen and oxygen atoms in total. The van der Waals surface area contributed by atoms with Crippen molar-refractivity contribution in [2.75, 3.05) is 6.54 Å². The van der Waals surface area contributed by atoms with E-state index in [1.165, 1.54) is 0 Å². The molecule has 0 spiro atoms. The van der Waals surface area contributed by atoms with Crippen molar-refractivity contribution in [2.45, 2.75) is 31.7 Å². The van der Waals surface area contributed by atoms with Gasteiger partial charge in [0, 0.05) is 10.9 Å². The maximum atomic E-state index is 12.2. The molecule has 0 saturated heterocycles. The molecule has 1 aromatic carbocycles. The number of fused-ring (bicyclic) bond motifs is 1. The van der Waals surface area contributed by atoms with Crippen molar-refractivity contribution in [3.8, 4) is 0 Å². The van der Waals surface area contributed by atoms with Crippen LogP contribution in [0.5, 0.6) is 0 Å². The first-order chi connectivity index (χ1) is 9.22. The van der Waals surface area contributed by atoms with Crippen LogP contribution in [0.25, 0.3) is 11.0 Å². The fourth-order valence-electron chi connectivity index (χ4n) is 2.15. The summed E-state index contributed by atoms with van der Waals surface area (Å²) >= 11 is 0. The van der Waals surface area contributed by atoms with Crippen molar-refractivity contribution in [3.63, 3.8) is 0 Å². The standard InChI is InChI=1S/C15H20N2O2/c16-8-3-1-2-4-13(17)15(18)12-5-6-14-11(10-12)7-9-19-14/h5-7,9-10,13H,1-4,8,16-17H2. The quantitative estimate of drug-likeness (QED) is 0.591. The molecule has 0 radical (unpaired) electrons. The number of hydrogen-bond donors (Lipinski definition) is 2. The van der Waals surface area contributed by atoms with Crippen LogP contribution in [0, 0.1) is 0 Å². The lowest BCUT2D eigenvalue weighted by molar-refractivity contribution is 0.0956. The highest BCUT2D eigenvalue weighted by atomic mass is 16.3. The first kappa shape index (κ1) is 13.8. The number of nitrogens with two attached hydrogens (primary N) is 2. The van der Waals surface area contributed by atoms with Crippen molar-refractivity contribution in [3.05, 3.63) is 36.1 Å². The average Bonchev–Trinajstić information content (AvgIpc) is 2.89. The minimum Gasteiger partial charge on any atom is -0.464 e. The lowest BCUT2D eigenvalue weighted by Gasteiger charge is -2.10. The Hall–Kier alpha value is -1.65. The van der Waals surface area contributed by atoms with Gasteiger partial charge in [-0.1, -0.05) is 12.8 Å². The Morgan fingerprint density at radius 3 is 2.84 bits per heavy atom. The molecule has 0 amide bonds. The molecule has 0 saturated carbocycles. The van der Waals surface area contributed by atoms with Crippen LogP contribution in [-0.2, 0) is 0 Å². The smallest absolute Gasteiger partial charge is 0.179 e. The lowest BCUT2D eigenvalue weighted by atomic mass is 9.99. The number of carbonyl (C=O) groups excluding carboxylic acids is 1. The summed E-state index contributed by atoms with van der Waals surface area (Å²) in [7, 11) is 0. The van der Waals surface area contributed by atoms with Gasteiger partial charge in [-0.05, 0) is 43.7 Å². The monoisotopic (exact) mass is 260 g/mol. The zero-order valence-corrected chi connectivity index (χ0v) is 11.0. The molecule has 0 bridgehead atoms. The van der Waals surface area contributed by atoms with Crippen LogP contribution in [0.15, 0.2) is 34.9 Å². The van der Waals surface area contributed by atoms with Gasteiger partial charge in [0.25, 0.3) is 0 Å². The summed E-state index contributed by atoms with van der Waals surface area (Å²) in [5.74, 6) is -0.00384. The van der Waals surface area contributed by atoms with E-state index in [1.54, 1.807) is 12.3 Å². The Balaban J connectivity index is 1.97. The molecule has 2 rings (SSSR count). The summed E-state index contributed by atoms with van der Waals surface area (Å²) in [5, 5.41) is 0.932. The molecule has 0 aliphatic carbocycles. The summed E-state index contributed by atoms with van der Waals surface area (Å²) in [6, 6.07) is 6.83. The molecule has 4 heteroatoms. The molecule has 1 atom stereocenters. The molecule has 0 aliphatic heterocycles. The Bertz CT molecular complexity index is 548. The molecular weight excluding hydrogens is 240 g/mol. The topological polar surface area (TPSA) is 82.2 Å². The number of carbonyl (C=O) groups is 1. The van der Waals surface area contributed by atoms with E-state index in [0.29, 0.717) is 18.5 Å². The van der Waals surface area contributed by atoms with Gasteiger partial charge < -0.3 is 15.9 Å². The summed E-state index contributed by atoms with van der Waals surface area (Å²) < 4.78 is 5.25. The van der Waals surface area contributed by atoms with E-state index in [1.807, 2.05) is 18.2 Å². The summed E-state index contributed by atoms with van der Waals surface area (Å²) in [6.07, 6.45) is 5.28. The minimum absolute atomic E-state index is 0.00384. The molecule has 19 heavy (non-hydrogen) atoms. The minimum atomic E-state index is -0.429. The molecule has 2 aromatic rings. The predicted molar refractivity (Wildman–Crippen MR) is 76.0 cm³/mol. The van der Waals surface area contributed by atoms with Crippen molar-refractivity contribution in [1.29, 1.82) is 0 Å². The molecule has 1 aromatic heterocycles. The van der Waals surface area contributed by atoms with Crippen LogP contribution in [0.1, 0.15) is 36.0 Å². The average molecular weight is 260 g/mol. The van der Waals surface area contributed by atoms with Crippen LogP contribution in [0.4, 0.5) is 0 Å². The van der Waals surface area contributed by atoms with E-state index in [9.17, 15) is 4.79 Å². The third-order valence-corrected chi connectivity index (χ3v) is 3.29. The Morgan fingerprint density at radius 1 is 1.21 bits per heavy atom. The summed E-state index contributed by atoms with van der Waals surface area (Å²) in [5.41, 5.74) is 12.8. The molecule has 4 N–H and O–H groups in total. The van der Waals surface area contributed by atoms with E-state index in [0.717, 1.165) is 30.2 Å². The molecule has 0 fully saturated rings. The largest absolute Gasteiger partial charge is 0.464 e. The first-order valence-corrected chi connectivity index (χ1v) is 6.69. The highest BCUT2D eigenvalue weighted by Crippen LogP contribution is 2.18. The second-order valence-corrected chi connectivity index (χ2v) is 4.78. The maximum absolute atomic E-state index is 12.2. The number of Topliss-reactive ketones (excluding diaryl/α,β-unsaturated/α-hetero) is 1. The van der Waals surface area contributed by atoms with Crippen molar-refractivity contribution in [1.82, 2.24) is 0 Å². The zero-order chi connectivity index (χ0) is 13.7. The van der Waals surface area contributed by atoms with Gasteiger partial charge in [0.1, 0.15) is 5.58 Å². The van der Waals surface area contributed by atoms with Crippen LogP contribution >= 0.6 is 0 Å². The highest BCUT2D eigenvalue weighted by molar-refractivity contribution is 6.02. The van der Waals surface area contributed by atoms with Gasteiger partial charge in [0.15, 0.2) is 5.78 Å². The van der Waals surface area contributed by atoms with Crippen LogP contribution in [0.2, 0.25) is 0 Å². The molecule has 0 aliphatic rings. The van der Waals surface area contributed by atoms with Crippen molar-refractivity contribution in [2.24, 2.45) is 11.5 Å². The van der Waals surface area contributed by atoms with E-state index in [4.69, 9.17) is 15.9 Å². The van der Waals surface area contributed by atoms with E-state index in [-0.39, 0.29) is 5.78 Å². The molecule has 1 heterocycles. The van der Waals surface area contributed by atoms with Gasteiger partial charge in [-0.2, -0.15) is 0 Å². The lowest BCUT2D eigenvalue weighted by Crippen LogP contribution is -2.30. The van der Waals surface area contributed by atoms with Gasteiger partial charge in [-0.3, -0.25) is 4.79 Å². The van der Waals surface area contributed by atoms with E-state index >= 15 is 0 Å². The van der Waals surface area contributed by atoms with Gasteiger partial charge >= 0.3 is 0 Å². The van der Waals surface area contributed by atoms with Gasteiger partial charge in [-0.25, -0.2) is 0 Å². The number of hydrogen-bond acceptors (Lipinski definition) is 4. The maximum Gasteiger partial charge on any atom is 0.179 e. The van der Waals surface area contributed by atoms with Gasteiger partial charge in [0.05, 0.1) is 12.3 Å². The molecular formula is C15H20N2O2. The summed E-state index contributed by atoms with van der Waals surface area (Å²) in [6.45, 7) is 0.695. The molecule has 1 unspecified atom stereocenters. The Morgan fingerprint density at radius 2 is 2.05 bits per heavy atom. The summed E-state index contributed by atoms with van der Waals surface area (Å²) in [4.78, 5) is 12.2.